The van der Waals surface area contributed by atoms with Crippen molar-refractivity contribution >= 4 is 16.0 Å². The van der Waals surface area contributed by atoms with Gasteiger partial charge in [0, 0.05) is 13.1 Å². The van der Waals surface area contributed by atoms with Gasteiger partial charge in [0.25, 0.3) is 0 Å². The van der Waals surface area contributed by atoms with Gasteiger partial charge in [-0.25, -0.2) is 13.2 Å². The van der Waals surface area contributed by atoms with Gasteiger partial charge in [0.1, 0.15) is 5.75 Å². The lowest BCUT2D eigenvalue weighted by molar-refractivity contribution is -0.0440. The summed E-state index contributed by atoms with van der Waals surface area (Å²) in [5, 5.41) is 0. The van der Waals surface area contributed by atoms with E-state index in [0.717, 1.165) is 11.1 Å². The number of rotatable bonds is 4. The van der Waals surface area contributed by atoms with Crippen LogP contribution < -0.4 is 4.74 Å². The predicted molar refractivity (Wildman–Crippen MR) is 106 cm³/mol. The van der Waals surface area contributed by atoms with E-state index in [1.165, 1.54) is 16.4 Å². The zero-order valence-electron chi connectivity index (χ0n) is 16.5. The van der Waals surface area contributed by atoms with E-state index in [1.807, 2.05) is 45.9 Å². The number of ether oxygens (including phenoxy) is 2. The number of carbonyl (C=O) groups is 1. The highest BCUT2D eigenvalue weighted by Crippen LogP contribution is 2.25. The average molecular weight is 404 g/mol. The second-order valence-electron chi connectivity index (χ2n) is 7.22. The number of carbonyl (C=O) groups excluding carboxylic acids is 1. The van der Waals surface area contributed by atoms with Crippen LogP contribution in [0.5, 0.6) is 5.75 Å². The lowest BCUT2D eigenvalue weighted by atomic mass is 10.1. The molecule has 2 aromatic rings. The Morgan fingerprint density at radius 2 is 1.61 bits per heavy atom. The Balaban J connectivity index is 1.86. The normalized spacial score (nSPS) is 20.7. The van der Waals surface area contributed by atoms with Crippen LogP contribution in [-0.2, 0) is 14.8 Å². The number of hydrogen-bond donors (Lipinski definition) is 0. The second kappa shape index (κ2) is 8.03. The minimum atomic E-state index is -3.73. The van der Waals surface area contributed by atoms with Crippen molar-refractivity contribution in [2.75, 3.05) is 13.1 Å². The lowest BCUT2D eigenvalue weighted by Gasteiger charge is -2.34. The van der Waals surface area contributed by atoms with Crippen LogP contribution in [0.3, 0.4) is 0 Å². The van der Waals surface area contributed by atoms with E-state index in [0.29, 0.717) is 5.75 Å². The molecule has 0 aromatic heterocycles. The Morgan fingerprint density at radius 3 is 2.21 bits per heavy atom. The highest BCUT2D eigenvalue weighted by atomic mass is 32.2. The quantitative estimate of drug-likeness (QED) is 0.578. The van der Waals surface area contributed by atoms with Crippen molar-refractivity contribution in [1.29, 1.82) is 0 Å². The first-order valence-electron chi connectivity index (χ1n) is 9.22. The third-order valence-corrected chi connectivity index (χ3v) is 6.52. The molecule has 0 amide bonds. The Morgan fingerprint density at radius 1 is 1.04 bits per heavy atom. The van der Waals surface area contributed by atoms with Crippen molar-refractivity contribution in [2.45, 2.75) is 44.8 Å². The third kappa shape index (κ3) is 4.27. The maximum atomic E-state index is 13.0. The Labute approximate surface area is 166 Å². The van der Waals surface area contributed by atoms with Gasteiger partial charge in [-0.1, -0.05) is 24.3 Å². The van der Waals surface area contributed by atoms with Crippen LogP contribution in [0.4, 0.5) is 0 Å². The first-order valence-corrected chi connectivity index (χ1v) is 10.7. The molecule has 1 aliphatic heterocycles. The van der Waals surface area contributed by atoms with Crippen LogP contribution in [-0.4, -0.2) is 44.0 Å². The summed E-state index contributed by atoms with van der Waals surface area (Å²) in [5.74, 6) is -0.0882. The molecule has 1 fully saturated rings. The van der Waals surface area contributed by atoms with Crippen LogP contribution in [0.15, 0.2) is 47.4 Å². The molecule has 7 heteroatoms. The van der Waals surface area contributed by atoms with Crippen molar-refractivity contribution in [2.24, 2.45) is 0 Å². The standard InChI is InChI=1S/C21H25NO5S/c1-14-7-5-8-15(2)20(14)27-21(23)18-9-6-10-19(11-18)28(24,25)22-12-16(3)26-17(4)13-22/h5-11,16-17H,12-13H2,1-4H3/t16-,17+. The highest BCUT2D eigenvalue weighted by molar-refractivity contribution is 7.89. The van der Waals surface area contributed by atoms with E-state index in [2.05, 4.69) is 0 Å². The van der Waals surface area contributed by atoms with Crippen LogP contribution in [0.25, 0.3) is 0 Å². The second-order valence-corrected chi connectivity index (χ2v) is 9.16. The molecule has 0 spiro atoms. The predicted octanol–water partition coefficient (Wildman–Crippen LogP) is 3.32. The van der Waals surface area contributed by atoms with Crippen molar-refractivity contribution in [1.82, 2.24) is 4.31 Å². The van der Waals surface area contributed by atoms with E-state index in [9.17, 15) is 13.2 Å². The summed E-state index contributed by atoms with van der Waals surface area (Å²) in [6.07, 6.45) is -0.369. The van der Waals surface area contributed by atoms with Crippen molar-refractivity contribution in [3.05, 3.63) is 59.2 Å². The van der Waals surface area contributed by atoms with Crippen LogP contribution in [0.2, 0.25) is 0 Å². The van der Waals surface area contributed by atoms with E-state index in [1.54, 1.807) is 12.1 Å². The largest absolute Gasteiger partial charge is 0.422 e. The molecule has 1 heterocycles. The van der Waals surface area contributed by atoms with Crippen LogP contribution >= 0.6 is 0 Å². The molecule has 1 saturated heterocycles. The molecular weight excluding hydrogens is 378 g/mol. The molecule has 3 rings (SSSR count). The summed E-state index contributed by atoms with van der Waals surface area (Å²) in [7, 11) is -3.73. The summed E-state index contributed by atoms with van der Waals surface area (Å²) >= 11 is 0. The number of esters is 1. The zero-order chi connectivity index (χ0) is 20.5. The number of benzene rings is 2. The fourth-order valence-electron chi connectivity index (χ4n) is 3.37. The molecule has 0 N–H and O–H groups in total. The summed E-state index contributed by atoms with van der Waals surface area (Å²) in [4.78, 5) is 12.7. The van der Waals surface area contributed by atoms with E-state index < -0.39 is 16.0 Å². The van der Waals surface area contributed by atoms with Gasteiger partial charge in [0.2, 0.25) is 10.0 Å². The number of hydrogen-bond acceptors (Lipinski definition) is 5. The molecule has 0 bridgehead atoms. The lowest BCUT2D eigenvalue weighted by Crippen LogP contribution is -2.48. The van der Waals surface area contributed by atoms with Crippen molar-refractivity contribution in [3.63, 3.8) is 0 Å². The SMILES string of the molecule is Cc1cccc(C)c1OC(=O)c1cccc(S(=O)(=O)N2C[C@@H](C)O[C@@H](C)C2)c1. The van der Waals surface area contributed by atoms with Gasteiger partial charge in [-0.2, -0.15) is 4.31 Å². The third-order valence-electron chi connectivity index (χ3n) is 4.70. The van der Waals surface area contributed by atoms with Gasteiger partial charge < -0.3 is 9.47 Å². The first-order chi connectivity index (χ1) is 13.2. The Bertz CT molecular complexity index is 956. The molecule has 2 atom stereocenters. The number of nitrogens with zero attached hydrogens (tertiary/aromatic N) is 1. The van der Waals surface area contributed by atoms with Crippen molar-refractivity contribution in [3.8, 4) is 5.75 Å². The van der Waals surface area contributed by atoms with Gasteiger partial charge in [-0.3, -0.25) is 0 Å². The van der Waals surface area contributed by atoms with Crippen LogP contribution in [0, 0.1) is 13.8 Å². The van der Waals surface area contributed by atoms with Gasteiger partial charge in [0.05, 0.1) is 22.7 Å². The molecule has 0 unspecified atom stereocenters. The highest BCUT2D eigenvalue weighted by Gasteiger charge is 2.32. The summed E-state index contributed by atoms with van der Waals surface area (Å²) in [6.45, 7) is 7.97. The molecule has 0 aliphatic carbocycles. The minimum absolute atomic E-state index is 0.0738. The number of morpholine rings is 1. The number of sulfonamides is 1. The monoisotopic (exact) mass is 403 g/mol. The molecule has 150 valence electrons. The van der Waals surface area contributed by atoms with Crippen LogP contribution in [0.1, 0.15) is 35.3 Å². The molecule has 1 aliphatic rings. The van der Waals surface area contributed by atoms with E-state index in [4.69, 9.17) is 9.47 Å². The Hall–Kier alpha value is -2.22. The van der Waals surface area contributed by atoms with E-state index in [-0.39, 0.29) is 35.8 Å². The minimum Gasteiger partial charge on any atom is -0.422 e. The first kappa shape index (κ1) is 20.5. The molecule has 0 radical (unpaired) electrons. The zero-order valence-corrected chi connectivity index (χ0v) is 17.3. The smallest absolute Gasteiger partial charge is 0.343 e. The Kier molecular flexibility index (Phi) is 5.88. The molecular formula is C21H25NO5S. The van der Waals surface area contributed by atoms with Gasteiger partial charge in [-0.15, -0.1) is 0 Å². The van der Waals surface area contributed by atoms with Gasteiger partial charge in [-0.05, 0) is 57.0 Å². The summed E-state index contributed by atoms with van der Waals surface area (Å²) < 4.78 is 38.6. The topological polar surface area (TPSA) is 72.9 Å². The maximum absolute atomic E-state index is 13.0. The summed E-state index contributed by atoms with van der Waals surface area (Å²) in [6, 6.07) is 11.6. The fourth-order valence-corrected chi connectivity index (χ4v) is 5.01. The number of para-hydroxylation sites is 1. The van der Waals surface area contributed by atoms with Gasteiger partial charge >= 0.3 is 5.97 Å². The molecule has 0 saturated carbocycles. The summed E-state index contributed by atoms with van der Waals surface area (Å²) in [5.41, 5.74) is 1.87. The van der Waals surface area contributed by atoms with E-state index >= 15 is 0 Å². The molecule has 28 heavy (non-hydrogen) atoms. The fraction of sp³-hybridized carbons (Fsp3) is 0.381. The molecule has 2 aromatic carbocycles. The maximum Gasteiger partial charge on any atom is 0.343 e. The number of aryl methyl sites for hydroxylation is 2. The average Bonchev–Trinajstić information content (AvgIpc) is 2.64. The van der Waals surface area contributed by atoms with Gasteiger partial charge in [0.15, 0.2) is 0 Å². The molecule has 6 nitrogen and oxygen atoms in total. The van der Waals surface area contributed by atoms with Crippen molar-refractivity contribution < 1.29 is 22.7 Å².